The summed E-state index contributed by atoms with van der Waals surface area (Å²) in [6.45, 7) is 5.89. The lowest BCUT2D eigenvalue weighted by atomic mass is 9.74. The number of hydrogen-bond donors (Lipinski definition) is 1. The first-order valence-electron chi connectivity index (χ1n) is 7.08. The van der Waals surface area contributed by atoms with Gasteiger partial charge in [-0.05, 0) is 17.2 Å². The summed E-state index contributed by atoms with van der Waals surface area (Å²) in [5, 5.41) is 3.21. The van der Waals surface area contributed by atoms with E-state index in [-0.39, 0.29) is 34.8 Å². The van der Waals surface area contributed by atoms with E-state index in [1.165, 1.54) is 11.8 Å². The second-order valence-electron chi connectivity index (χ2n) is 5.32. The van der Waals surface area contributed by atoms with Crippen molar-refractivity contribution in [1.29, 1.82) is 0 Å². The zero-order valence-electron chi connectivity index (χ0n) is 12.1. The van der Waals surface area contributed by atoms with E-state index in [1.807, 2.05) is 51.1 Å². The van der Waals surface area contributed by atoms with Gasteiger partial charge in [0.25, 0.3) is 0 Å². The highest BCUT2D eigenvalue weighted by molar-refractivity contribution is 8.13. The van der Waals surface area contributed by atoms with E-state index in [0.29, 0.717) is 0 Å². The molecule has 1 heterocycles. The Labute approximate surface area is 124 Å². The van der Waals surface area contributed by atoms with E-state index in [0.717, 1.165) is 11.3 Å². The van der Waals surface area contributed by atoms with E-state index in [9.17, 15) is 9.59 Å². The smallest absolute Gasteiger partial charge is 0.223 e. The Kier molecular flexibility index (Phi) is 4.86. The second kappa shape index (κ2) is 6.44. The van der Waals surface area contributed by atoms with Crippen LogP contribution < -0.4 is 5.32 Å². The van der Waals surface area contributed by atoms with Crippen molar-refractivity contribution in [3.05, 3.63) is 35.9 Å². The minimum absolute atomic E-state index is 0.0388. The molecule has 0 bridgehead atoms. The normalized spacial score (nSPS) is 29.9. The fourth-order valence-corrected chi connectivity index (χ4v) is 3.60. The highest BCUT2D eigenvalue weighted by Crippen LogP contribution is 2.39. The van der Waals surface area contributed by atoms with Crippen LogP contribution in [-0.2, 0) is 9.59 Å². The van der Waals surface area contributed by atoms with Crippen molar-refractivity contribution in [2.45, 2.75) is 26.8 Å². The first-order valence-corrected chi connectivity index (χ1v) is 8.06. The van der Waals surface area contributed by atoms with Crippen molar-refractivity contribution in [2.24, 2.45) is 17.8 Å². The number of thioether (sulfide) groups is 1. The van der Waals surface area contributed by atoms with Gasteiger partial charge in [-0.3, -0.25) is 9.59 Å². The molecule has 0 aliphatic carbocycles. The maximum atomic E-state index is 12.5. The fraction of sp³-hybridized carbons (Fsp3) is 0.500. The van der Waals surface area contributed by atoms with Crippen molar-refractivity contribution in [3.8, 4) is 0 Å². The molecule has 0 saturated carbocycles. The van der Waals surface area contributed by atoms with Gasteiger partial charge in [0.15, 0.2) is 5.12 Å². The molecule has 1 aliphatic heterocycles. The number of amides is 1. The van der Waals surface area contributed by atoms with Gasteiger partial charge < -0.3 is 5.32 Å². The number of hydrogen-bond acceptors (Lipinski definition) is 3. The molecule has 20 heavy (non-hydrogen) atoms. The first kappa shape index (κ1) is 15.1. The number of rotatable bonds is 3. The quantitative estimate of drug-likeness (QED) is 0.931. The number of nitrogens with one attached hydrogen (secondary N) is 1. The standard InChI is InChI=1S/C16H21NO2S/c1-4-20-16(19)13-10(2)11(3)15(18)17-14(13)12-8-6-5-7-9-12/h5-11,13-14H,4H2,1-3H3,(H,17,18)/t10-,11+,13+,14-/m1/s1. The summed E-state index contributed by atoms with van der Waals surface area (Å²) in [7, 11) is 0. The molecule has 1 aromatic carbocycles. The van der Waals surface area contributed by atoms with Gasteiger partial charge in [0.2, 0.25) is 5.91 Å². The molecule has 0 aromatic heterocycles. The third-order valence-corrected chi connectivity index (χ3v) is 4.99. The zero-order chi connectivity index (χ0) is 14.7. The molecule has 1 aromatic rings. The van der Waals surface area contributed by atoms with E-state index >= 15 is 0 Å². The Morgan fingerprint density at radius 3 is 2.50 bits per heavy atom. The van der Waals surface area contributed by atoms with Crippen LogP contribution in [0.2, 0.25) is 0 Å². The van der Waals surface area contributed by atoms with Crippen LogP contribution in [0.5, 0.6) is 0 Å². The molecule has 1 fully saturated rings. The van der Waals surface area contributed by atoms with Gasteiger partial charge in [0.1, 0.15) is 0 Å². The van der Waals surface area contributed by atoms with Crippen LogP contribution >= 0.6 is 11.8 Å². The van der Waals surface area contributed by atoms with E-state index < -0.39 is 0 Å². The van der Waals surface area contributed by atoms with Crippen molar-refractivity contribution < 1.29 is 9.59 Å². The molecule has 2 rings (SSSR count). The molecule has 3 nitrogen and oxygen atoms in total. The van der Waals surface area contributed by atoms with Crippen LogP contribution in [0.25, 0.3) is 0 Å². The Balaban J connectivity index is 2.35. The van der Waals surface area contributed by atoms with Crippen LogP contribution in [0.3, 0.4) is 0 Å². The Morgan fingerprint density at radius 2 is 1.90 bits per heavy atom. The highest BCUT2D eigenvalue weighted by Gasteiger charge is 2.43. The van der Waals surface area contributed by atoms with Gasteiger partial charge in [-0.2, -0.15) is 0 Å². The summed E-state index contributed by atoms with van der Waals surface area (Å²) in [5.41, 5.74) is 1.01. The molecule has 4 heteroatoms. The molecule has 4 atom stereocenters. The largest absolute Gasteiger partial charge is 0.348 e. The number of carbonyl (C=O) groups is 2. The Hall–Kier alpha value is -1.29. The average molecular weight is 291 g/mol. The predicted molar refractivity (Wildman–Crippen MR) is 82.3 cm³/mol. The molecule has 0 spiro atoms. The highest BCUT2D eigenvalue weighted by atomic mass is 32.2. The molecular formula is C16H21NO2S. The topological polar surface area (TPSA) is 46.2 Å². The van der Waals surface area contributed by atoms with Crippen molar-refractivity contribution in [3.63, 3.8) is 0 Å². The molecule has 108 valence electrons. The van der Waals surface area contributed by atoms with Crippen molar-refractivity contribution in [2.75, 3.05) is 5.75 Å². The van der Waals surface area contributed by atoms with Gasteiger partial charge in [-0.1, -0.05) is 62.9 Å². The number of benzene rings is 1. The number of carbonyl (C=O) groups excluding carboxylic acids is 2. The lowest BCUT2D eigenvalue weighted by Gasteiger charge is -2.39. The van der Waals surface area contributed by atoms with E-state index in [4.69, 9.17) is 0 Å². The minimum Gasteiger partial charge on any atom is -0.348 e. The van der Waals surface area contributed by atoms with Crippen LogP contribution in [0.15, 0.2) is 30.3 Å². The number of piperidine rings is 1. The van der Waals surface area contributed by atoms with E-state index in [2.05, 4.69) is 5.32 Å². The minimum atomic E-state index is -0.207. The molecule has 1 aliphatic rings. The van der Waals surface area contributed by atoms with Gasteiger partial charge in [0.05, 0.1) is 12.0 Å². The molecule has 1 N–H and O–H groups in total. The molecule has 1 amide bonds. The third kappa shape index (κ3) is 2.90. The summed E-state index contributed by atoms with van der Waals surface area (Å²) in [6, 6.07) is 9.58. The first-order chi connectivity index (χ1) is 9.56. The van der Waals surface area contributed by atoms with Crippen molar-refractivity contribution >= 4 is 22.8 Å². The van der Waals surface area contributed by atoms with Crippen LogP contribution in [0.1, 0.15) is 32.4 Å². The lowest BCUT2D eigenvalue weighted by molar-refractivity contribution is -0.134. The Morgan fingerprint density at radius 1 is 1.25 bits per heavy atom. The summed E-state index contributed by atoms with van der Waals surface area (Å²) in [4.78, 5) is 24.5. The summed E-state index contributed by atoms with van der Waals surface area (Å²) >= 11 is 1.35. The molecule has 0 radical (unpaired) electrons. The van der Waals surface area contributed by atoms with Gasteiger partial charge >= 0.3 is 0 Å². The molecule has 1 saturated heterocycles. The third-order valence-electron chi connectivity index (χ3n) is 4.14. The van der Waals surface area contributed by atoms with E-state index in [1.54, 1.807) is 0 Å². The second-order valence-corrected chi connectivity index (χ2v) is 6.59. The zero-order valence-corrected chi connectivity index (χ0v) is 12.9. The molecule has 0 unspecified atom stereocenters. The predicted octanol–water partition coefficient (Wildman–Crippen LogP) is 3.03. The maximum Gasteiger partial charge on any atom is 0.223 e. The SMILES string of the molecule is CCSC(=O)[C@H]1[C@H](C)[C@H](C)C(=O)N[C@@H]1c1ccccc1. The lowest BCUT2D eigenvalue weighted by Crippen LogP contribution is -2.50. The fourth-order valence-electron chi connectivity index (χ4n) is 2.77. The molecular weight excluding hydrogens is 270 g/mol. The summed E-state index contributed by atoms with van der Waals surface area (Å²) in [6.07, 6.45) is 0. The summed E-state index contributed by atoms with van der Waals surface area (Å²) in [5.74, 6) is 0.583. The van der Waals surface area contributed by atoms with Crippen LogP contribution in [0.4, 0.5) is 0 Å². The summed E-state index contributed by atoms with van der Waals surface area (Å²) < 4.78 is 0. The Bertz CT molecular complexity index is 489. The van der Waals surface area contributed by atoms with Gasteiger partial charge in [-0.25, -0.2) is 0 Å². The maximum absolute atomic E-state index is 12.5. The van der Waals surface area contributed by atoms with Crippen LogP contribution in [0, 0.1) is 17.8 Å². The monoisotopic (exact) mass is 291 g/mol. The van der Waals surface area contributed by atoms with Gasteiger partial charge in [-0.15, -0.1) is 0 Å². The average Bonchev–Trinajstić information content (AvgIpc) is 2.45. The van der Waals surface area contributed by atoms with Crippen LogP contribution in [-0.4, -0.2) is 16.8 Å². The van der Waals surface area contributed by atoms with Gasteiger partial charge in [0, 0.05) is 5.92 Å². The van der Waals surface area contributed by atoms with Crippen molar-refractivity contribution in [1.82, 2.24) is 5.32 Å².